The van der Waals surface area contributed by atoms with Crippen LogP contribution in [0.15, 0.2) is 47.1 Å². The van der Waals surface area contributed by atoms with E-state index in [1.165, 1.54) is 37.8 Å². The number of hydrogen-bond donors (Lipinski definition) is 0. The van der Waals surface area contributed by atoms with Crippen molar-refractivity contribution in [2.24, 2.45) is 22.7 Å². The molecule has 3 aliphatic rings. The Bertz CT molecular complexity index is 1570. The summed E-state index contributed by atoms with van der Waals surface area (Å²) in [6, 6.07) is 10.5. The minimum Gasteiger partial charge on any atom is -0.447 e. The SMILES string of the molecule is CCC1CCCN(C2=C/C=c3/cc(C4=NC(=O)OCC4CC)c4nc5ccccc5n4c3=CCC2C)CCC1. The van der Waals surface area contributed by atoms with E-state index in [0.29, 0.717) is 12.5 Å². The van der Waals surface area contributed by atoms with Crippen molar-refractivity contribution >= 4 is 40.6 Å². The predicted octanol–water partition coefficient (Wildman–Crippen LogP) is 5.84. The topological polar surface area (TPSA) is 59.2 Å². The summed E-state index contributed by atoms with van der Waals surface area (Å²) < 4.78 is 7.57. The van der Waals surface area contributed by atoms with Gasteiger partial charge in [-0.3, -0.25) is 4.40 Å². The van der Waals surface area contributed by atoms with Crippen LogP contribution in [0, 0.1) is 17.8 Å². The van der Waals surface area contributed by atoms with E-state index in [1.807, 2.05) is 6.07 Å². The number of benzene rings is 1. The largest absolute Gasteiger partial charge is 0.447 e. The van der Waals surface area contributed by atoms with Crippen LogP contribution in [0.25, 0.3) is 28.8 Å². The number of allylic oxidation sites excluding steroid dienone is 2. The molecule has 204 valence electrons. The van der Waals surface area contributed by atoms with Crippen molar-refractivity contribution in [2.75, 3.05) is 19.7 Å². The molecule has 1 fully saturated rings. The summed E-state index contributed by atoms with van der Waals surface area (Å²) in [7, 11) is 0. The fourth-order valence-corrected chi connectivity index (χ4v) is 6.70. The highest BCUT2D eigenvalue weighted by atomic mass is 16.5. The molecule has 1 aliphatic carbocycles. The van der Waals surface area contributed by atoms with Gasteiger partial charge in [-0.25, -0.2) is 9.78 Å². The van der Waals surface area contributed by atoms with Gasteiger partial charge in [0.1, 0.15) is 12.3 Å². The molecule has 0 spiro atoms. The summed E-state index contributed by atoms with van der Waals surface area (Å²) in [6.45, 7) is 9.46. The number of ether oxygens (including phenoxy) is 1. The Morgan fingerprint density at radius 1 is 1.05 bits per heavy atom. The zero-order valence-corrected chi connectivity index (χ0v) is 23.5. The van der Waals surface area contributed by atoms with Gasteiger partial charge in [0.15, 0.2) is 0 Å². The van der Waals surface area contributed by atoms with E-state index >= 15 is 0 Å². The van der Waals surface area contributed by atoms with E-state index in [1.54, 1.807) is 0 Å². The van der Waals surface area contributed by atoms with Gasteiger partial charge < -0.3 is 9.64 Å². The lowest BCUT2D eigenvalue weighted by atomic mass is 9.91. The maximum atomic E-state index is 12.3. The van der Waals surface area contributed by atoms with E-state index in [4.69, 9.17) is 9.72 Å². The number of pyridine rings is 1. The smallest absolute Gasteiger partial charge is 0.433 e. The lowest BCUT2D eigenvalue weighted by molar-refractivity contribution is 0.141. The molecule has 4 heterocycles. The lowest BCUT2D eigenvalue weighted by Gasteiger charge is -2.34. The third-order valence-corrected chi connectivity index (χ3v) is 9.04. The molecule has 0 saturated carbocycles. The van der Waals surface area contributed by atoms with Crippen molar-refractivity contribution in [1.82, 2.24) is 14.3 Å². The number of aromatic nitrogens is 2. The van der Waals surface area contributed by atoms with Gasteiger partial charge in [0.2, 0.25) is 0 Å². The number of nitrogens with zero attached hydrogens (tertiary/aromatic N) is 4. The van der Waals surface area contributed by atoms with E-state index in [9.17, 15) is 4.79 Å². The highest BCUT2D eigenvalue weighted by molar-refractivity contribution is 6.12. The zero-order valence-electron chi connectivity index (χ0n) is 23.5. The summed E-state index contributed by atoms with van der Waals surface area (Å²) in [5, 5.41) is 2.30. The van der Waals surface area contributed by atoms with Crippen LogP contribution in [-0.2, 0) is 4.74 Å². The molecule has 0 bridgehead atoms. The van der Waals surface area contributed by atoms with Crippen molar-refractivity contribution in [1.29, 1.82) is 0 Å². The van der Waals surface area contributed by atoms with Crippen LogP contribution in [0.3, 0.4) is 0 Å². The van der Waals surface area contributed by atoms with Crippen molar-refractivity contribution in [3.05, 3.63) is 58.2 Å². The fourth-order valence-electron chi connectivity index (χ4n) is 6.70. The number of carbonyl (C=O) groups is 1. The Labute approximate surface area is 230 Å². The van der Waals surface area contributed by atoms with E-state index in [2.05, 4.69) is 77.6 Å². The Morgan fingerprint density at radius 2 is 1.85 bits per heavy atom. The molecule has 6 rings (SSSR count). The molecule has 1 amide bonds. The number of amides is 1. The third kappa shape index (κ3) is 4.90. The molecule has 2 unspecified atom stereocenters. The number of cyclic esters (lactones) is 1. The van der Waals surface area contributed by atoms with E-state index < -0.39 is 6.09 Å². The van der Waals surface area contributed by atoms with Crippen LogP contribution >= 0.6 is 0 Å². The molecule has 2 aromatic heterocycles. The van der Waals surface area contributed by atoms with Gasteiger partial charge in [-0.1, -0.05) is 51.5 Å². The average molecular weight is 525 g/mol. The number of imidazole rings is 1. The second kappa shape index (κ2) is 11.0. The third-order valence-electron chi connectivity index (χ3n) is 9.04. The molecule has 6 nitrogen and oxygen atoms in total. The van der Waals surface area contributed by atoms with E-state index in [-0.39, 0.29) is 5.92 Å². The first-order valence-corrected chi connectivity index (χ1v) is 14.9. The summed E-state index contributed by atoms with van der Waals surface area (Å²) >= 11 is 0. The zero-order chi connectivity index (χ0) is 26.9. The van der Waals surface area contributed by atoms with Gasteiger partial charge in [-0.15, -0.1) is 0 Å². The average Bonchev–Trinajstić information content (AvgIpc) is 3.31. The van der Waals surface area contributed by atoms with Gasteiger partial charge in [0, 0.05) is 30.3 Å². The van der Waals surface area contributed by atoms with Gasteiger partial charge in [0.25, 0.3) is 0 Å². The summed E-state index contributed by atoms with van der Waals surface area (Å²) in [4.78, 5) is 24.4. The van der Waals surface area contributed by atoms with Crippen LogP contribution in [0.2, 0.25) is 0 Å². The van der Waals surface area contributed by atoms with Crippen molar-refractivity contribution in [2.45, 2.75) is 65.7 Å². The molecule has 0 radical (unpaired) electrons. The molecule has 1 aromatic carbocycles. The highest BCUT2D eigenvalue weighted by Crippen LogP contribution is 2.28. The molecule has 39 heavy (non-hydrogen) atoms. The summed E-state index contributed by atoms with van der Waals surface area (Å²) in [6.07, 6.45) is 14.9. The van der Waals surface area contributed by atoms with Gasteiger partial charge in [-0.2, -0.15) is 4.99 Å². The van der Waals surface area contributed by atoms with Crippen LogP contribution in [-0.4, -0.2) is 45.8 Å². The molecule has 2 atom stereocenters. The maximum Gasteiger partial charge on any atom is 0.433 e. The first kappa shape index (κ1) is 25.8. The second-order valence-electron chi connectivity index (χ2n) is 11.5. The number of hydrogen-bond acceptors (Lipinski definition) is 4. The summed E-state index contributed by atoms with van der Waals surface area (Å²) in [5.74, 6) is 1.38. The number of fused-ring (bicyclic) bond motifs is 5. The Balaban J connectivity index is 1.54. The molecule has 1 saturated heterocycles. The number of carbonyl (C=O) groups excluding carboxylic acids is 1. The minimum absolute atomic E-state index is 0.0565. The fraction of sp³-hybridized carbons (Fsp3) is 0.485. The number of rotatable bonds is 4. The summed E-state index contributed by atoms with van der Waals surface area (Å²) in [5.41, 5.74) is 6.05. The van der Waals surface area contributed by atoms with Crippen molar-refractivity contribution < 1.29 is 9.53 Å². The predicted molar refractivity (Wildman–Crippen MR) is 158 cm³/mol. The Hall–Kier alpha value is -3.41. The second-order valence-corrected chi connectivity index (χ2v) is 11.5. The highest BCUT2D eigenvalue weighted by Gasteiger charge is 2.28. The van der Waals surface area contributed by atoms with Crippen LogP contribution < -0.4 is 10.6 Å². The monoisotopic (exact) mass is 524 g/mol. The number of likely N-dealkylation sites (tertiary alicyclic amines) is 1. The van der Waals surface area contributed by atoms with Crippen molar-refractivity contribution in [3.63, 3.8) is 0 Å². The van der Waals surface area contributed by atoms with Gasteiger partial charge in [0.05, 0.1) is 22.1 Å². The standard InChI is InChI=1S/C33H40N4O2/c1-4-23-10-8-18-36(19-9-11-23)28-17-15-25-20-26(31-24(5-2)21-39-33(38)35-31)32-34-27-12-6-7-13-30(27)37(32)29(25)16-14-22(28)3/h6-7,12-13,15-17,20,22-24H,4-5,8-11,14,18-19,21H2,1-3H3/b25-15-,28-17?,29-16?. The molecular formula is C33H40N4O2. The molecular weight excluding hydrogens is 484 g/mol. The molecule has 6 heteroatoms. The number of aliphatic imine (C=N–C) groups is 1. The Kier molecular flexibility index (Phi) is 7.28. The van der Waals surface area contributed by atoms with E-state index in [0.717, 1.165) is 70.4 Å². The van der Waals surface area contributed by atoms with Crippen LogP contribution in [0.5, 0.6) is 0 Å². The molecule has 2 aliphatic heterocycles. The first-order chi connectivity index (χ1) is 19.1. The minimum atomic E-state index is -0.510. The van der Waals surface area contributed by atoms with Crippen LogP contribution in [0.1, 0.15) is 71.3 Å². The normalized spacial score (nSPS) is 23.8. The lowest BCUT2D eigenvalue weighted by Crippen LogP contribution is -2.37. The first-order valence-electron chi connectivity index (χ1n) is 14.9. The van der Waals surface area contributed by atoms with Crippen LogP contribution in [0.4, 0.5) is 4.79 Å². The Morgan fingerprint density at radius 3 is 2.62 bits per heavy atom. The molecule has 3 aromatic rings. The van der Waals surface area contributed by atoms with Gasteiger partial charge in [-0.05, 0) is 79.9 Å². The number of para-hydroxylation sites is 2. The maximum absolute atomic E-state index is 12.3. The van der Waals surface area contributed by atoms with Gasteiger partial charge >= 0.3 is 6.09 Å². The molecule has 0 N–H and O–H groups in total. The quantitative estimate of drug-likeness (QED) is 0.430. The van der Waals surface area contributed by atoms with Crippen molar-refractivity contribution in [3.8, 4) is 0 Å².